The van der Waals surface area contributed by atoms with E-state index in [1.165, 1.54) is 5.56 Å². The zero-order valence-corrected chi connectivity index (χ0v) is 12.5. The topological polar surface area (TPSA) is 43.8 Å². The fraction of sp³-hybridized carbons (Fsp3) is 0.0714. The number of benzene rings is 2. The van der Waals surface area contributed by atoms with E-state index in [-0.39, 0.29) is 0 Å². The van der Waals surface area contributed by atoms with Gasteiger partial charge in [0, 0.05) is 9.50 Å². The molecule has 1 aromatic heterocycles. The van der Waals surface area contributed by atoms with Crippen LogP contribution in [-0.4, -0.2) is 9.55 Å². The van der Waals surface area contributed by atoms with Crippen molar-refractivity contribution in [3.8, 4) is 5.69 Å². The fourth-order valence-corrected chi connectivity index (χ4v) is 2.60. The van der Waals surface area contributed by atoms with E-state index >= 15 is 0 Å². The number of rotatable bonds is 1. The van der Waals surface area contributed by atoms with E-state index in [9.17, 15) is 0 Å². The Bertz CT molecular complexity index is 780. The molecule has 0 aliphatic heterocycles. The monoisotopic (exact) mass is 335 g/mol. The number of anilines is 1. The first kappa shape index (κ1) is 12.5. The Kier molecular flexibility index (Phi) is 2.99. The van der Waals surface area contributed by atoms with Crippen molar-refractivity contribution in [2.75, 3.05) is 5.73 Å². The van der Waals surface area contributed by atoms with Gasteiger partial charge < -0.3 is 5.73 Å². The highest BCUT2D eigenvalue weighted by molar-refractivity contribution is 9.10. The molecule has 3 aromatic rings. The van der Waals surface area contributed by atoms with Crippen LogP contribution < -0.4 is 5.73 Å². The van der Waals surface area contributed by atoms with Gasteiger partial charge in [0.2, 0.25) is 5.95 Å². The standard InChI is InChI=1S/C14H11BrClN3/c1-8-2-4-10(7-11(8)15)19-13-5-3-9(16)6-12(13)18-14(19)17/h2-7H,1H3,(H2,17,18). The van der Waals surface area contributed by atoms with Gasteiger partial charge in [0.1, 0.15) is 0 Å². The van der Waals surface area contributed by atoms with Crippen LogP contribution in [0.4, 0.5) is 5.95 Å². The molecule has 2 N–H and O–H groups in total. The molecule has 0 atom stereocenters. The SMILES string of the molecule is Cc1ccc(-n2c(N)nc3cc(Cl)ccc32)cc1Br. The Hall–Kier alpha value is -1.52. The van der Waals surface area contributed by atoms with E-state index in [0.29, 0.717) is 11.0 Å². The highest BCUT2D eigenvalue weighted by atomic mass is 79.9. The van der Waals surface area contributed by atoms with Gasteiger partial charge >= 0.3 is 0 Å². The summed E-state index contributed by atoms with van der Waals surface area (Å²) in [4.78, 5) is 4.34. The van der Waals surface area contributed by atoms with Crippen molar-refractivity contribution in [1.29, 1.82) is 0 Å². The Morgan fingerprint density at radius 1 is 1.21 bits per heavy atom. The van der Waals surface area contributed by atoms with Gasteiger partial charge in [0.05, 0.1) is 16.7 Å². The van der Waals surface area contributed by atoms with Gasteiger partial charge in [-0.15, -0.1) is 0 Å². The van der Waals surface area contributed by atoms with Crippen molar-refractivity contribution in [3.05, 3.63) is 51.5 Å². The summed E-state index contributed by atoms with van der Waals surface area (Å²) >= 11 is 9.51. The van der Waals surface area contributed by atoms with Gasteiger partial charge in [-0.05, 0) is 42.8 Å². The third-order valence-electron chi connectivity index (χ3n) is 3.06. The molecule has 96 valence electrons. The quantitative estimate of drug-likeness (QED) is 0.718. The van der Waals surface area contributed by atoms with E-state index in [0.717, 1.165) is 21.2 Å². The molecule has 0 spiro atoms. The van der Waals surface area contributed by atoms with Gasteiger partial charge in [-0.3, -0.25) is 4.57 Å². The molecule has 0 saturated carbocycles. The summed E-state index contributed by atoms with van der Waals surface area (Å²) in [5.41, 5.74) is 9.90. The normalized spacial score (nSPS) is 11.1. The number of hydrogen-bond donors (Lipinski definition) is 1. The molecule has 0 radical (unpaired) electrons. The number of fused-ring (bicyclic) bond motifs is 1. The van der Waals surface area contributed by atoms with Crippen LogP contribution in [0.1, 0.15) is 5.56 Å². The lowest BCUT2D eigenvalue weighted by Crippen LogP contribution is -2.00. The molecule has 0 aliphatic carbocycles. The van der Waals surface area contributed by atoms with Crippen LogP contribution in [0.2, 0.25) is 5.02 Å². The predicted molar refractivity (Wildman–Crippen MR) is 82.9 cm³/mol. The number of hydrogen-bond acceptors (Lipinski definition) is 2. The molecule has 1 heterocycles. The first-order valence-electron chi connectivity index (χ1n) is 5.76. The van der Waals surface area contributed by atoms with Crippen LogP contribution in [0.3, 0.4) is 0 Å². The molecular weight excluding hydrogens is 326 g/mol. The predicted octanol–water partition coefficient (Wildman–Crippen LogP) is 4.33. The van der Waals surface area contributed by atoms with E-state index in [2.05, 4.69) is 20.9 Å². The lowest BCUT2D eigenvalue weighted by atomic mass is 10.2. The Morgan fingerprint density at radius 3 is 2.74 bits per heavy atom. The van der Waals surface area contributed by atoms with Crippen molar-refractivity contribution in [2.24, 2.45) is 0 Å². The van der Waals surface area contributed by atoms with Crippen molar-refractivity contribution in [3.63, 3.8) is 0 Å². The second-order valence-corrected chi connectivity index (χ2v) is 5.66. The summed E-state index contributed by atoms with van der Waals surface area (Å²) in [5, 5.41) is 0.655. The molecule has 0 saturated heterocycles. The van der Waals surface area contributed by atoms with Crippen LogP contribution in [0.5, 0.6) is 0 Å². The highest BCUT2D eigenvalue weighted by Gasteiger charge is 2.11. The molecule has 0 fully saturated rings. The molecule has 3 rings (SSSR count). The van der Waals surface area contributed by atoms with Gasteiger partial charge in [0.25, 0.3) is 0 Å². The largest absolute Gasteiger partial charge is 0.369 e. The smallest absolute Gasteiger partial charge is 0.205 e. The maximum atomic E-state index is 6.02. The molecule has 0 unspecified atom stereocenters. The van der Waals surface area contributed by atoms with Crippen LogP contribution >= 0.6 is 27.5 Å². The van der Waals surface area contributed by atoms with E-state index in [1.54, 1.807) is 0 Å². The molecule has 2 aromatic carbocycles. The summed E-state index contributed by atoms with van der Waals surface area (Å²) < 4.78 is 2.95. The number of nitrogen functional groups attached to an aromatic ring is 1. The third kappa shape index (κ3) is 2.11. The average molecular weight is 337 g/mol. The van der Waals surface area contributed by atoms with Crippen molar-refractivity contribution in [2.45, 2.75) is 6.92 Å². The number of nitrogens with two attached hydrogens (primary N) is 1. The molecule has 19 heavy (non-hydrogen) atoms. The van der Waals surface area contributed by atoms with Crippen LogP contribution in [0.15, 0.2) is 40.9 Å². The first-order valence-corrected chi connectivity index (χ1v) is 6.93. The van der Waals surface area contributed by atoms with Gasteiger partial charge in [-0.1, -0.05) is 33.6 Å². The summed E-state index contributed by atoms with van der Waals surface area (Å²) in [7, 11) is 0. The van der Waals surface area contributed by atoms with Crippen molar-refractivity contribution in [1.82, 2.24) is 9.55 Å². The summed E-state index contributed by atoms with van der Waals surface area (Å²) in [5.74, 6) is 0.452. The number of imidazole rings is 1. The second-order valence-electron chi connectivity index (χ2n) is 4.37. The van der Waals surface area contributed by atoms with E-state index in [4.69, 9.17) is 17.3 Å². The number of halogens is 2. The Balaban J connectivity index is 2.29. The van der Waals surface area contributed by atoms with Crippen LogP contribution in [-0.2, 0) is 0 Å². The zero-order chi connectivity index (χ0) is 13.6. The van der Waals surface area contributed by atoms with E-state index in [1.807, 2.05) is 47.9 Å². The molecule has 3 nitrogen and oxygen atoms in total. The maximum absolute atomic E-state index is 6.02. The van der Waals surface area contributed by atoms with Crippen molar-refractivity contribution >= 4 is 44.5 Å². The number of nitrogens with zero attached hydrogens (tertiary/aromatic N) is 2. The lowest BCUT2D eigenvalue weighted by molar-refractivity contribution is 1.10. The lowest BCUT2D eigenvalue weighted by Gasteiger charge is -2.08. The first-order chi connectivity index (χ1) is 9.06. The molecule has 0 bridgehead atoms. The van der Waals surface area contributed by atoms with Gasteiger partial charge in [0.15, 0.2) is 0 Å². The van der Waals surface area contributed by atoms with Crippen molar-refractivity contribution < 1.29 is 0 Å². The van der Waals surface area contributed by atoms with Crippen LogP contribution in [0.25, 0.3) is 16.7 Å². The number of aromatic nitrogens is 2. The minimum absolute atomic E-state index is 0.452. The third-order valence-corrected chi connectivity index (χ3v) is 4.15. The zero-order valence-electron chi connectivity index (χ0n) is 10.2. The summed E-state index contributed by atoms with van der Waals surface area (Å²) in [6.07, 6.45) is 0. The highest BCUT2D eigenvalue weighted by Crippen LogP contribution is 2.27. The average Bonchev–Trinajstić information content (AvgIpc) is 2.68. The Morgan fingerprint density at radius 2 is 2.00 bits per heavy atom. The minimum atomic E-state index is 0.452. The summed E-state index contributed by atoms with van der Waals surface area (Å²) in [6, 6.07) is 11.7. The van der Waals surface area contributed by atoms with E-state index < -0.39 is 0 Å². The van der Waals surface area contributed by atoms with Gasteiger partial charge in [-0.2, -0.15) is 0 Å². The molecule has 0 aliphatic rings. The molecule has 5 heteroatoms. The van der Waals surface area contributed by atoms with Crippen LogP contribution in [0, 0.1) is 6.92 Å². The second kappa shape index (κ2) is 4.54. The molecular formula is C14H11BrClN3. The summed E-state index contributed by atoms with van der Waals surface area (Å²) in [6.45, 7) is 2.04. The van der Waals surface area contributed by atoms with Gasteiger partial charge in [-0.25, -0.2) is 4.98 Å². The maximum Gasteiger partial charge on any atom is 0.205 e. The fourth-order valence-electron chi connectivity index (χ4n) is 2.06. The Labute approximate surface area is 124 Å². The number of aryl methyl sites for hydroxylation is 1. The minimum Gasteiger partial charge on any atom is -0.369 e. The molecule has 0 amide bonds.